The minimum absolute atomic E-state index is 0.178. The van der Waals surface area contributed by atoms with Gasteiger partial charge in [0.1, 0.15) is 6.54 Å². The summed E-state index contributed by atoms with van der Waals surface area (Å²) in [5.41, 5.74) is 2.24. The van der Waals surface area contributed by atoms with Crippen molar-refractivity contribution in [1.82, 2.24) is 19.7 Å². The van der Waals surface area contributed by atoms with Crippen LogP contribution in [0.1, 0.15) is 17.0 Å². The first-order valence-electron chi connectivity index (χ1n) is 8.70. The second-order valence-electron chi connectivity index (χ2n) is 6.34. The number of nitrogens with one attached hydrogen (secondary N) is 1. The maximum absolute atomic E-state index is 12.8. The highest BCUT2D eigenvalue weighted by Gasteiger charge is 2.14. The molecule has 1 aromatic carbocycles. The molecule has 0 aliphatic rings. The minimum Gasteiger partial charge on any atom is -0.300 e. The SMILES string of the molecule is Cc1csc(NC(=O)Cn2nc(Cc3cccnc3)c3ccccc3c2=O)n1. The van der Waals surface area contributed by atoms with Gasteiger partial charge >= 0.3 is 0 Å². The number of rotatable bonds is 5. The molecule has 8 heteroatoms. The number of nitrogens with zero attached hydrogens (tertiary/aromatic N) is 4. The quantitative estimate of drug-likeness (QED) is 0.565. The van der Waals surface area contributed by atoms with Gasteiger partial charge in [0.25, 0.3) is 5.56 Å². The van der Waals surface area contributed by atoms with Crippen molar-refractivity contribution in [3.8, 4) is 0 Å². The molecule has 0 saturated heterocycles. The molecule has 0 fully saturated rings. The predicted octanol–water partition coefficient (Wildman–Crippen LogP) is 2.79. The first-order valence-corrected chi connectivity index (χ1v) is 9.58. The van der Waals surface area contributed by atoms with Gasteiger partial charge in [0.2, 0.25) is 5.91 Å². The van der Waals surface area contributed by atoms with Crippen molar-refractivity contribution in [2.75, 3.05) is 5.32 Å². The Bertz CT molecular complexity index is 1200. The number of amides is 1. The lowest BCUT2D eigenvalue weighted by molar-refractivity contribution is -0.117. The molecule has 1 N–H and O–H groups in total. The van der Waals surface area contributed by atoms with Crippen molar-refractivity contribution in [3.05, 3.63) is 81.5 Å². The minimum atomic E-state index is -0.341. The van der Waals surface area contributed by atoms with E-state index in [1.54, 1.807) is 24.5 Å². The summed E-state index contributed by atoms with van der Waals surface area (Å²) in [6, 6.07) is 11.1. The first-order chi connectivity index (χ1) is 13.6. The smallest absolute Gasteiger partial charge is 0.275 e. The zero-order chi connectivity index (χ0) is 19.5. The lowest BCUT2D eigenvalue weighted by Crippen LogP contribution is -2.30. The molecule has 0 spiro atoms. The van der Waals surface area contributed by atoms with E-state index in [1.807, 2.05) is 36.6 Å². The molecule has 0 radical (unpaired) electrons. The number of hydrogen-bond donors (Lipinski definition) is 1. The zero-order valence-electron chi connectivity index (χ0n) is 15.1. The predicted molar refractivity (Wildman–Crippen MR) is 109 cm³/mol. The van der Waals surface area contributed by atoms with Crippen LogP contribution in [-0.4, -0.2) is 25.7 Å². The summed E-state index contributed by atoms with van der Waals surface area (Å²) < 4.78 is 1.21. The molecule has 0 aliphatic carbocycles. The Morgan fingerprint density at radius 3 is 2.71 bits per heavy atom. The lowest BCUT2D eigenvalue weighted by atomic mass is 10.1. The second kappa shape index (κ2) is 7.69. The van der Waals surface area contributed by atoms with Gasteiger partial charge in [-0.3, -0.25) is 14.6 Å². The number of anilines is 1. The second-order valence-corrected chi connectivity index (χ2v) is 7.19. The van der Waals surface area contributed by atoms with Crippen LogP contribution in [0, 0.1) is 6.92 Å². The molecule has 0 atom stereocenters. The Kier molecular flexibility index (Phi) is 4.94. The molecule has 7 nitrogen and oxygen atoms in total. The van der Waals surface area contributed by atoms with Gasteiger partial charge in [-0.05, 0) is 24.6 Å². The van der Waals surface area contributed by atoms with Crippen molar-refractivity contribution in [1.29, 1.82) is 0 Å². The summed E-state index contributed by atoms with van der Waals surface area (Å²) in [6.07, 6.45) is 3.99. The maximum Gasteiger partial charge on any atom is 0.275 e. The fourth-order valence-corrected chi connectivity index (χ4v) is 3.65. The first kappa shape index (κ1) is 18.0. The number of thiazole rings is 1. The van der Waals surface area contributed by atoms with Crippen LogP contribution >= 0.6 is 11.3 Å². The van der Waals surface area contributed by atoms with Crippen molar-refractivity contribution >= 4 is 33.1 Å². The van der Waals surface area contributed by atoms with E-state index in [2.05, 4.69) is 20.4 Å². The molecule has 4 aromatic rings. The summed E-state index contributed by atoms with van der Waals surface area (Å²) in [4.78, 5) is 33.6. The average Bonchev–Trinajstić information content (AvgIpc) is 3.11. The molecular formula is C20H17N5O2S. The standard InChI is InChI=1S/C20H17N5O2S/c1-13-12-28-20(22-13)23-18(26)11-25-19(27)16-7-3-2-6-15(16)17(24-25)9-14-5-4-8-21-10-14/h2-8,10,12H,9,11H2,1H3,(H,22,23,26). The lowest BCUT2D eigenvalue weighted by Gasteiger charge is -2.11. The van der Waals surface area contributed by atoms with E-state index < -0.39 is 0 Å². The molecule has 28 heavy (non-hydrogen) atoms. The molecule has 0 unspecified atom stereocenters. The molecule has 0 bridgehead atoms. The molecule has 3 aromatic heterocycles. The summed E-state index contributed by atoms with van der Waals surface area (Å²) in [5.74, 6) is -0.341. The van der Waals surface area contributed by atoms with E-state index in [-0.39, 0.29) is 18.0 Å². The van der Waals surface area contributed by atoms with E-state index in [1.165, 1.54) is 16.0 Å². The Labute approximate surface area is 164 Å². The van der Waals surface area contributed by atoms with Crippen LogP contribution in [0.4, 0.5) is 5.13 Å². The summed E-state index contributed by atoms with van der Waals surface area (Å²) in [7, 11) is 0. The number of benzene rings is 1. The highest BCUT2D eigenvalue weighted by Crippen LogP contribution is 2.17. The molecular weight excluding hydrogens is 374 g/mol. The summed E-state index contributed by atoms with van der Waals surface area (Å²) in [6.45, 7) is 1.68. The van der Waals surface area contributed by atoms with Gasteiger partial charge in [0.15, 0.2) is 5.13 Å². The Morgan fingerprint density at radius 2 is 2.00 bits per heavy atom. The third-order valence-corrected chi connectivity index (χ3v) is 5.07. The third kappa shape index (κ3) is 3.81. The highest BCUT2D eigenvalue weighted by molar-refractivity contribution is 7.13. The van der Waals surface area contributed by atoms with Gasteiger partial charge < -0.3 is 5.32 Å². The third-order valence-electron chi connectivity index (χ3n) is 4.20. The number of pyridine rings is 1. The Balaban J connectivity index is 1.68. The fourth-order valence-electron chi connectivity index (χ4n) is 2.95. The van der Waals surface area contributed by atoms with Gasteiger partial charge in [-0.25, -0.2) is 9.67 Å². The van der Waals surface area contributed by atoms with E-state index in [4.69, 9.17) is 0 Å². The van der Waals surface area contributed by atoms with E-state index in [9.17, 15) is 9.59 Å². The van der Waals surface area contributed by atoms with Crippen molar-refractivity contribution in [3.63, 3.8) is 0 Å². The largest absolute Gasteiger partial charge is 0.300 e. The van der Waals surface area contributed by atoms with Gasteiger partial charge in [0.05, 0.1) is 16.8 Å². The number of carbonyl (C=O) groups excluding carboxylic acids is 1. The number of carbonyl (C=O) groups is 1. The Hall–Kier alpha value is -3.39. The monoisotopic (exact) mass is 391 g/mol. The number of aryl methyl sites for hydroxylation is 1. The van der Waals surface area contributed by atoms with E-state index in [0.717, 1.165) is 22.3 Å². The molecule has 0 saturated carbocycles. The van der Waals surface area contributed by atoms with Gasteiger partial charge in [-0.1, -0.05) is 24.3 Å². The van der Waals surface area contributed by atoms with Crippen LogP contribution in [0.3, 0.4) is 0 Å². The number of hydrogen-bond acceptors (Lipinski definition) is 6. The van der Waals surface area contributed by atoms with Crippen LogP contribution in [-0.2, 0) is 17.8 Å². The maximum atomic E-state index is 12.8. The normalized spacial score (nSPS) is 10.9. The van der Waals surface area contributed by atoms with Crippen molar-refractivity contribution in [2.45, 2.75) is 19.9 Å². The van der Waals surface area contributed by atoms with Crippen LogP contribution in [0.5, 0.6) is 0 Å². The van der Waals surface area contributed by atoms with Crippen molar-refractivity contribution in [2.24, 2.45) is 0 Å². The zero-order valence-corrected chi connectivity index (χ0v) is 15.9. The fraction of sp³-hybridized carbons (Fsp3) is 0.150. The molecule has 0 aliphatic heterocycles. The topological polar surface area (TPSA) is 89.8 Å². The molecule has 3 heterocycles. The van der Waals surface area contributed by atoms with Crippen molar-refractivity contribution < 1.29 is 4.79 Å². The molecule has 1 amide bonds. The molecule has 140 valence electrons. The van der Waals surface area contributed by atoms with Crippen LogP contribution in [0.15, 0.2) is 59.0 Å². The molecule has 4 rings (SSSR count). The van der Waals surface area contributed by atoms with Gasteiger partial charge in [-0.2, -0.15) is 5.10 Å². The van der Waals surface area contributed by atoms with Crippen LogP contribution in [0.25, 0.3) is 10.8 Å². The van der Waals surface area contributed by atoms with E-state index >= 15 is 0 Å². The van der Waals surface area contributed by atoms with Crippen LogP contribution in [0.2, 0.25) is 0 Å². The average molecular weight is 391 g/mol. The van der Waals surface area contributed by atoms with Gasteiger partial charge in [-0.15, -0.1) is 11.3 Å². The highest BCUT2D eigenvalue weighted by atomic mass is 32.1. The summed E-state index contributed by atoms with van der Waals surface area (Å²) >= 11 is 1.34. The van der Waals surface area contributed by atoms with E-state index in [0.29, 0.717) is 16.9 Å². The van der Waals surface area contributed by atoms with Gasteiger partial charge in [0, 0.05) is 29.6 Å². The summed E-state index contributed by atoms with van der Waals surface area (Å²) in [5, 5.41) is 10.9. The number of fused-ring (bicyclic) bond motifs is 1. The Morgan fingerprint density at radius 1 is 1.18 bits per heavy atom. The van der Waals surface area contributed by atoms with Crippen LogP contribution < -0.4 is 10.9 Å². The number of aromatic nitrogens is 4.